The molecular formula is C10H14O4. The van der Waals surface area contributed by atoms with Gasteiger partial charge in [-0.15, -0.1) is 0 Å². The van der Waals surface area contributed by atoms with Crippen molar-refractivity contribution in [2.45, 2.75) is 26.2 Å². The molecule has 0 heterocycles. The van der Waals surface area contributed by atoms with Gasteiger partial charge in [-0.3, -0.25) is 14.4 Å². The van der Waals surface area contributed by atoms with E-state index < -0.39 is 11.9 Å². The molecule has 0 N–H and O–H groups in total. The molecule has 0 radical (unpaired) electrons. The van der Waals surface area contributed by atoms with E-state index >= 15 is 0 Å². The maximum absolute atomic E-state index is 11.6. The van der Waals surface area contributed by atoms with E-state index in [0.717, 1.165) is 12.8 Å². The second kappa shape index (κ2) is 4.35. The third-order valence-corrected chi connectivity index (χ3v) is 2.30. The van der Waals surface area contributed by atoms with E-state index in [1.807, 2.05) is 0 Å². The minimum atomic E-state index is -0.870. The Morgan fingerprint density at radius 1 is 1.36 bits per heavy atom. The summed E-state index contributed by atoms with van der Waals surface area (Å²) in [5.74, 6) is -1.76. The number of esters is 1. The van der Waals surface area contributed by atoms with E-state index in [-0.39, 0.29) is 23.9 Å². The lowest BCUT2D eigenvalue weighted by Gasteiger charge is -2.10. The summed E-state index contributed by atoms with van der Waals surface area (Å²) in [5.41, 5.74) is 0. The van der Waals surface area contributed by atoms with Gasteiger partial charge in [0.15, 0.2) is 5.78 Å². The van der Waals surface area contributed by atoms with Crippen LogP contribution >= 0.6 is 0 Å². The van der Waals surface area contributed by atoms with Crippen LogP contribution in [0.1, 0.15) is 26.2 Å². The first-order valence-electron chi connectivity index (χ1n) is 4.67. The molecule has 1 saturated carbocycles. The molecule has 0 aliphatic heterocycles. The van der Waals surface area contributed by atoms with E-state index in [4.69, 9.17) is 0 Å². The number of Topliss-reactive ketones (excluding diaryl/α,β-unsaturated/α-hetero) is 2. The predicted octanol–water partition coefficient (Wildman–Crippen LogP) is 0.734. The number of hydrogen-bond donors (Lipinski definition) is 0. The van der Waals surface area contributed by atoms with Crippen molar-refractivity contribution in [3.63, 3.8) is 0 Å². The summed E-state index contributed by atoms with van der Waals surface area (Å²) >= 11 is 0. The molecule has 1 aliphatic carbocycles. The Morgan fingerprint density at radius 2 is 1.93 bits per heavy atom. The fraction of sp³-hybridized carbons (Fsp3) is 0.700. The first kappa shape index (κ1) is 10.9. The van der Waals surface area contributed by atoms with Gasteiger partial charge < -0.3 is 4.74 Å². The van der Waals surface area contributed by atoms with Gasteiger partial charge in [-0.05, 0) is 19.8 Å². The molecule has 1 rings (SSSR count). The van der Waals surface area contributed by atoms with E-state index in [2.05, 4.69) is 4.74 Å². The number of carbonyl (C=O) groups is 3. The molecule has 1 aliphatic rings. The number of ketones is 2. The van der Waals surface area contributed by atoms with Crippen molar-refractivity contribution in [3.05, 3.63) is 0 Å². The van der Waals surface area contributed by atoms with Crippen LogP contribution in [0.15, 0.2) is 0 Å². The summed E-state index contributed by atoms with van der Waals surface area (Å²) in [6, 6.07) is 0. The molecule has 0 bridgehead atoms. The van der Waals surface area contributed by atoms with Crippen molar-refractivity contribution < 1.29 is 19.1 Å². The molecule has 4 nitrogen and oxygen atoms in total. The van der Waals surface area contributed by atoms with Crippen LogP contribution in [0.2, 0.25) is 0 Å². The Kier molecular flexibility index (Phi) is 3.38. The number of hydrogen-bond acceptors (Lipinski definition) is 4. The minimum absolute atomic E-state index is 0.0153. The number of methoxy groups -OCH3 is 1. The molecule has 0 amide bonds. The lowest BCUT2D eigenvalue weighted by Crippen LogP contribution is -2.28. The molecule has 14 heavy (non-hydrogen) atoms. The Morgan fingerprint density at radius 3 is 2.29 bits per heavy atom. The van der Waals surface area contributed by atoms with Crippen molar-refractivity contribution in [1.82, 2.24) is 0 Å². The monoisotopic (exact) mass is 198 g/mol. The summed E-state index contributed by atoms with van der Waals surface area (Å²) in [6.07, 6.45) is 1.65. The molecule has 78 valence electrons. The number of ether oxygens (including phenoxy) is 1. The van der Waals surface area contributed by atoms with Crippen LogP contribution in [0.5, 0.6) is 0 Å². The highest BCUT2D eigenvalue weighted by Gasteiger charge is 2.39. The highest BCUT2D eigenvalue weighted by Crippen LogP contribution is 2.33. The van der Waals surface area contributed by atoms with E-state index in [1.165, 1.54) is 14.0 Å². The first-order valence-corrected chi connectivity index (χ1v) is 4.67. The van der Waals surface area contributed by atoms with Crippen LogP contribution in [0, 0.1) is 11.8 Å². The van der Waals surface area contributed by atoms with Gasteiger partial charge in [-0.2, -0.15) is 0 Å². The predicted molar refractivity (Wildman–Crippen MR) is 48.5 cm³/mol. The highest BCUT2D eigenvalue weighted by molar-refractivity contribution is 6.03. The molecule has 1 unspecified atom stereocenters. The summed E-state index contributed by atoms with van der Waals surface area (Å²) in [7, 11) is 1.23. The van der Waals surface area contributed by atoms with Crippen LogP contribution in [0.3, 0.4) is 0 Å². The largest absolute Gasteiger partial charge is 0.468 e. The molecule has 1 atom stereocenters. The summed E-state index contributed by atoms with van der Waals surface area (Å²) in [4.78, 5) is 33.7. The van der Waals surface area contributed by atoms with E-state index in [1.54, 1.807) is 0 Å². The fourth-order valence-electron chi connectivity index (χ4n) is 1.38. The normalized spacial score (nSPS) is 17.3. The average molecular weight is 198 g/mol. The molecule has 0 aromatic rings. The number of carbonyl (C=O) groups excluding carboxylic acids is 3. The van der Waals surface area contributed by atoms with Gasteiger partial charge in [-0.1, -0.05) is 0 Å². The second-order valence-electron chi connectivity index (χ2n) is 3.66. The molecule has 0 aromatic carbocycles. The zero-order valence-electron chi connectivity index (χ0n) is 8.41. The summed E-state index contributed by atoms with van der Waals surface area (Å²) in [5, 5.41) is 0. The average Bonchev–Trinajstić information content (AvgIpc) is 2.94. The van der Waals surface area contributed by atoms with Gasteiger partial charge in [0, 0.05) is 12.3 Å². The minimum Gasteiger partial charge on any atom is -0.468 e. The zero-order chi connectivity index (χ0) is 10.7. The maximum atomic E-state index is 11.6. The topological polar surface area (TPSA) is 60.4 Å². The third kappa shape index (κ3) is 2.65. The Balaban J connectivity index is 2.64. The van der Waals surface area contributed by atoms with Crippen LogP contribution in [-0.4, -0.2) is 24.6 Å². The van der Waals surface area contributed by atoms with Crippen LogP contribution in [-0.2, 0) is 19.1 Å². The van der Waals surface area contributed by atoms with Crippen molar-refractivity contribution >= 4 is 17.5 Å². The van der Waals surface area contributed by atoms with Gasteiger partial charge in [0.25, 0.3) is 0 Å². The lowest BCUT2D eigenvalue weighted by atomic mass is 9.95. The molecule has 4 heteroatoms. The SMILES string of the molecule is COC(=O)C(CC(C)=O)C(=O)C1CC1. The maximum Gasteiger partial charge on any atom is 0.316 e. The third-order valence-electron chi connectivity index (χ3n) is 2.30. The van der Waals surface area contributed by atoms with Crippen LogP contribution in [0.25, 0.3) is 0 Å². The molecule has 0 saturated heterocycles. The highest BCUT2D eigenvalue weighted by atomic mass is 16.5. The molecule has 0 spiro atoms. The van der Waals surface area contributed by atoms with Crippen molar-refractivity contribution in [1.29, 1.82) is 0 Å². The van der Waals surface area contributed by atoms with Crippen LogP contribution < -0.4 is 0 Å². The van der Waals surface area contributed by atoms with Crippen LogP contribution in [0.4, 0.5) is 0 Å². The number of rotatable bonds is 5. The molecule has 0 aromatic heterocycles. The van der Waals surface area contributed by atoms with Crippen molar-refractivity contribution in [2.24, 2.45) is 11.8 Å². The molecule has 1 fully saturated rings. The smallest absolute Gasteiger partial charge is 0.316 e. The fourth-order valence-corrected chi connectivity index (χ4v) is 1.38. The standard InChI is InChI=1S/C10H14O4/c1-6(11)5-8(10(13)14-2)9(12)7-3-4-7/h7-8H,3-5H2,1-2H3. The summed E-state index contributed by atoms with van der Waals surface area (Å²) in [6.45, 7) is 1.37. The van der Waals surface area contributed by atoms with Gasteiger partial charge >= 0.3 is 5.97 Å². The Labute approximate surface area is 82.6 Å². The van der Waals surface area contributed by atoms with Gasteiger partial charge in [0.1, 0.15) is 11.7 Å². The lowest BCUT2D eigenvalue weighted by molar-refractivity contribution is -0.151. The van der Waals surface area contributed by atoms with Gasteiger partial charge in [0.2, 0.25) is 0 Å². The quantitative estimate of drug-likeness (QED) is 0.482. The molecular weight excluding hydrogens is 184 g/mol. The summed E-state index contributed by atoms with van der Waals surface area (Å²) < 4.78 is 4.50. The van der Waals surface area contributed by atoms with Crippen molar-refractivity contribution in [2.75, 3.05) is 7.11 Å². The van der Waals surface area contributed by atoms with E-state index in [9.17, 15) is 14.4 Å². The first-order chi connectivity index (χ1) is 6.56. The Hall–Kier alpha value is -1.19. The van der Waals surface area contributed by atoms with Gasteiger partial charge in [0.05, 0.1) is 7.11 Å². The van der Waals surface area contributed by atoms with Gasteiger partial charge in [-0.25, -0.2) is 0 Å². The van der Waals surface area contributed by atoms with E-state index in [0.29, 0.717) is 0 Å². The Bertz CT molecular complexity index is 265. The second-order valence-corrected chi connectivity index (χ2v) is 3.66. The zero-order valence-corrected chi connectivity index (χ0v) is 8.41. The van der Waals surface area contributed by atoms with Crippen molar-refractivity contribution in [3.8, 4) is 0 Å².